The van der Waals surface area contributed by atoms with Crippen LogP contribution in [0.25, 0.3) is 0 Å². The molecular weight excluding hydrogens is 174 g/mol. The first-order chi connectivity index (χ1) is 5.77. The maximum Gasteiger partial charge on any atom is 0.193 e. The van der Waals surface area contributed by atoms with Gasteiger partial charge in [-0.2, -0.15) is 0 Å². The molecule has 0 aromatic rings. The van der Waals surface area contributed by atoms with Gasteiger partial charge in [-0.25, -0.2) is 4.48 Å². The quantitative estimate of drug-likeness (QED) is 0.347. The van der Waals surface area contributed by atoms with E-state index in [2.05, 4.69) is 0 Å². The number of rotatable bonds is 4. The summed E-state index contributed by atoms with van der Waals surface area (Å²) in [4.78, 5) is 0. The SMILES string of the molecule is CC(O)[N+](C(C)O)(C(C)O)C(C)O. The van der Waals surface area contributed by atoms with E-state index in [0.29, 0.717) is 0 Å². The summed E-state index contributed by atoms with van der Waals surface area (Å²) in [6, 6.07) is 0. The first-order valence-corrected chi connectivity index (χ1v) is 4.37. The van der Waals surface area contributed by atoms with Gasteiger partial charge in [0.2, 0.25) is 0 Å². The van der Waals surface area contributed by atoms with E-state index >= 15 is 0 Å². The fourth-order valence-electron chi connectivity index (χ4n) is 1.87. The monoisotopic (exact) mass is 194 g/mol. The van der Waals surface area contributed by atoms with Gasteiger partial charge < -0.3 is 20.4 Å². The van der Waals surface area contributed by atoms with E-state index < -0.39 is 29.4 Å². The summed E-state index contributed by atoms with van der Waals surface area (Å²) in [5, 5.41) is 37.9. The van der Waals surface area contributed by atoms with Crippen LogP contribution in [0, 0.1) is 0 Å². The van der Waals surface area contributed by atoms with E-state index in [1.165, 1.54) is 27.7 Å². The predicted molar refractivity (Wildman–Crippen MR) is 47.0 cm³/mol. The van der Waals surface area contributed by atoms with Crippen molar-refractivity contribution in [2.24, 2.45) is 0 Å². The zero-order chi connectivity index (χ0) is 10.8. The average molecular weight is 194 g/mol. The maximum atomic E-state index is 9.47. The molecule has 0 amide bonds. The molecule has 4 atom stereocenters. The summed E-state index contributed by atoms with van der Waals surface area (Å²) in [6.07, 6.45) is -4.17. The minimum Gasteiger partial charge on any atom is -0.345 e. The van der Waals surface area contributed by atoms with Gasteiger partial charge in [0, 0.05) is 27.7 Å². The zero-order valence-corrected chi connectivity index (χ0v) is 8.55. The van der Waals surface area contributed by atoms with Crippen molar-refractivity contribution in [2.75, 3.05) is 0 Å². The third-order valence-electron chi connectivity index (χ3n) is 2.59. The fraction of sp³-hybridized carbons (Fsp3) is 1.00. The molecule has 0 bridgehead atoms. The van der Waals surface area contributed by atoms with Gasteiger partial charge in [0.05, 0.1) is 0 Å². The second-order valence-corrected chi connectivity index (χ2v) is 3.42. The summed E-state index contributed by atoms with van der Waals surface area (Å²) < 4.78 is -0.556. The van der Waals surface area contributed by atoms with Gasteiger partial charge >= 0.3 is 0 Å². The van der Waals surface area contributed by atoms with Crippen molar-refractivity contribution in [1.82, 2.24) is 0 Å². The smallest absolute Gasteiger partial charge is 0.193 e. The van der Waals surface area contributed by atoms with Crippen LogP contribution in [-0.2, 0) is 0 Å². The Balaban J connectivity index is 5.06. The van der Waals surface area contributed by atoms with Crippen LogP contribution in [0.5, 0.6) is 0 Å². The summed E-state index contributed by atoms with van der Waals surface area (Å²) >= 11 is 0. The highest BCUT2D eigenvalue weighted by Crippen LogP contribution is 2.24. The number of hydrogen-bond acceptors (Lipinski definition) is 4. The Hall–Kier alpha value is -0.200. The van der Waals surface area contributed by atoms with Crippen LogP contribution in [0.1, 0.15) is 27.7 Å². The highest BCUT2D eigenvalue weighted by Gasteiger charge is 2.46. The predicted octanol–water partition coefficient (Wildman–Crippen LogP) is -0.844. The summed E-state index contributed by atoms with van der Waals surface area (Å²) in [6.45, 7) is 5.69. The zero-order valence-electron chi connectivity index (χ0n) is 8.55. The van der Waals surface area contributed by atoms with E-state index in [1.54, 1.807) is 0 Å². The molecule has 0 saturated heterocycles. The Morgan fingerprint density at radius 3 is 0.769 bits per heavy atom. The summed E-state index contributed by atoms with van der Waals surface area (Å²) in [7, 11) is 0. The van der Waals surface area contributed by atoms with Gasteiger partial charge in [0.25, 0.3) is 0 Å². The number of aliphatic hydroxyl groups excluding tert-OH is 4. The lowest BCUT2D eigenvalue weighted by atomic mass is 10.2. The number of hydrogen-bond donors (Lipinski definition) is 4. The van der Waals surface area contributed by atoms with E-state index in [9.17, 15) is 20.4 Å². The molecule has 0 rings (SSSR count). The minimum absolute atomic E-state index is 0.556. The van der Waals surface area contributed by atoms with Crippen LogP contribution in [0.3, 0.4) is 0 Å². The lowest BCUT2D eigenvalue weighted by molar-refractivity contribution is -1.07. The molecule has 4 unspecified atom stereocenters. The van der Waals surface area contributed by atoms with Gasteiger partial charge in [0.1, 0.15) is 0 Å². The average Bonchev–Trinajstić information content (AvgIpc) is 1.82. The van der Waals surface area contributed by atoms with Crippen molar-refractivity contribution < 1.29 is 24.9 Å². The molecule has 0 aliphatic carbocycles. The molecule has 0 fully saturated rings. The molecule has 80 valence electrons. The molecule has 0 aromatic carbocycles. The van der Waals surface area contributed by atoms with Crippen molar-refractivity contribution in [1.29, 1.82) is 0 Å². The second kappa shape index (κ2) is 4.34. The molecule has 0 radical (unpaired) electrons. The fourth-order valence-corrected chi connectivity index (χ4v) is 1.87. The second-order valence-electron chi connectivity index (χ2n) is 3.42. The Bertz CT molecular complexity index is 119. The van der Waals surface area contributed by atoms with Gasteiger partial charge in [0.15, 0.2) is 24.9 Å². The van der Waals surface area contributed by atoms with Crippen LogP contribution in [0.2, 0.25) is 0 Å². The standard InChI is InChI=1S/C8H20NO4/c1-5(10)9(6(2)11,7(3)12)8(4)13/h5-8,10-13H,1-4H3/q+1. The number of nitrogens with zero attached hydrogens (tertiary/aromatic N) is 1. The maximum absolute atomic E-state index is 9.47. The number of aliphatic hydroxyl groups is 4. The van der Waals surface area contributed by atoms with Crippen LogP contribution >= 0.6 is 0 Å². The molecule has 0 spiro atoms. The molecule has 4 N–H and O–H groups in total. The third kappa shape index (κ3) is 2.00. The molecule has 5 nitrogen and oxygen atoms in total. The first kappa shape index (κ1) is 12.8. The Labute approximate surface area is 78.4 Å². The van der Waals surface area contributed by atoms with E-state index in [0.717, 1.165) is 0 Å². The highest BCUT2D eigenvalue weighted by molar-refractivity contribution is 4.47. The van der Waals surface area contributed by atoms with Crippen molar-refractivity contribution in [3.63, 3.8) is 0 Å². The largest absolute Gasteiger partial charge is 0.345 e. The lowest BCUT2D eigenvalue weighted by Gasteiger charge is -2.46. The van der Waals surface area contributed by atoms with Crippen molar-refractivity contribution >= 4 is 0 Å². The Kier molecular flexibility index (Phi) is 4.28. The van der Waals surface area contributed by atoms with E-state index in [-0.39, 0.29) is 0 Å². The van der Waals surface area contributed by atoms with Gasteiger partial charge in [-0.1, -0.05) is 0 Å². The van der Waals surface area contributed by atoms with Gasteiger partial charge in [-0.15, -0.1) is 0 Å². The molecule has 5 heteroatoms. The van der Waals surface area contributed by atoms with Gasteiger partial charge in [-0.3, -0.25) is 0 Å². The van der Waals surface area contributed by atoms with Crippen molar-refractivity contribution in [2.45, 2.75) is 52.6 Å². The Morgan fingerprint density at radius 2 is 0.769 bits per heavy atom. The normalized spacial score (nSPS) is 25.8. The van der Waals surface area contributed by atoms with E-state index in [1.807, 2.05) is 0 Å². The summed E-state index contributed by atoms with van der Waals surface area (Å²) in [5.41, 5.74) is 0. The molecule has 0 aromatic heterocycles. The first-order valence-electron chi connectivity index (χ1n) is 4.37. The molecular formula is C8H20NO4+. The van der Waals surface area contributed by atoms with Crippen LogP contribution in [0.15, 0.2) is 0 Å². The van der Waals surface area contributed by atoms with Crippen LogP contribution < -0.4 is 0 Å². The minimum atomic E-state index is -1.04. The van der Waals surface area contributed by atoms with Gasteiger partial charge in [-0.05, 0) is 0 Å². The summed E-state index contributed by atoms with van der Waals surface area (Å²) in [5.74, 6) is 0. The topological polar surface area (TPSA) is 80.9 Å². The van der Waals surface area contributed by atoms with Crippen LogP contribution in [-0.4, -0.2) is 49.8 Å². The molecule has 13 heavy (non-hydrogen) atoms. The third-order valence-corrected chi connectivity index (χ3v) is 2.59. The molecule has 0 heterocycles. The number of quaternary nitrogens is 1. The van der Waals surface area contributed by atoms with Crippen molar-refractivity contribution in [3.05, 3.63) is 0 Å². The van der Waals surface area contributed by atoms with E-state index in [4.69, 9.17) is 0 Å². The lowest BCUT2D eigenvalue weighted by Crippen LogP contribution is -2.68. The molecule has 0 aliphatic rings. The van der Waals surface area contributed by atoms with Crippen LogP contribution in [0.4, 0.5) is 0 Å². The highest BCUT2D eigenvalue weighted by atomic mass is 16.4. The molecule has 0 saturated carbocycles. The molecule has 0 aliphatic heterocycles. The Morgan fingerprint density at radius 1 is 0.615 bits per heavy atom. The van der Waals surface area contributed by atoms with Crippen molar-refractivity contribution in [3.8, 4) is 0 Å².